The molecule has 110 valence electrons. The van der Waals surface area contributed by atoms with Gasteiger partial charge in [-0.15, -0.1) is 34.2 Å². The molecule has 0 saturated heterocycles. The predicted molar refractivity (Wildman–Crippen MR) is 92.2 cm³/mol. The van der Waals surface area contributed by atoms with Gasteiger partial charge in [0.1, 0.15) is 6.33 Å². The molecular formula is C11H23IN6S. The highest BCUT2D eigenvalue weighted by molar-refractivity contribution is 14.0. The van der Waals surface area contributed by atoms with Crippen LogP contribution in [0.15, 0.2) is 11.3 Å². The molecule has 0 unspecified atom stereocenters. The molecule has 0 saturated carbocycles. The summed E-state index contributed by atoms with van der Waals surface area (Å²) in [5.41, 5.74) is 0. The predicted octanol–water partition coefficient (Wildman–Crippen LogP) is 1.24. The lowest BCUT2D eigenvalue weighted by molar-refractivity contribution is 0.657. The number of nitrogens with one attached hydrogen (secondary N) is 2. The first kappa shape index (κ1) is 18.5. The van der Waals surface area contributed by atoms with Gasteiger partial charge >= 0.3 is 0 Å². The van der Waals surface area contributed by atoms with Crippen molar-refractivity contribution in [2.45, 2.75) is 25.1 Å². The van der Waals surface area contributed by atoms with E-state index in [0.717, 1.165) is 18.3 Å². The largest absolute Gasteiger partial charge is 0.355 e. The van der Waals surface area contributed by atoms with Gasteiger partial charge in [-0.05, 0) is 20.1 Å². The first-order valence-corrected chi connectivity index (χ1v) is 7.03. The molecule has 0 aliphatic rings. The first-order valence-electron chi connectivity index (χ1n) is 5.81. The topological polar surface area (TPSA) is 67.1 Å². The van der Waals surface area contributed by atoms with Crippen LogP contribution in [0.1, 0.15) is 19.7 Å². The molecule has 8 heteroatoms. The molecule has 0 radical (unpaired) electrons. The monoisotopic (exact) mass is 398 g/mol. The second-order valence-electron chi connectivity index (χ2n) is 4.60. The Labute approximate surface area is 136 Å². The molecule has 19 heavy (non-hydrogen) atoms. The van der Waals surface area contributed by atoms with Crippen LogP contribution >= 0.6 is 35.7 Å². The number of rotatable bonds is 5. The van der Waals surface area contributed by atoms with Crippen molar-refractivity contribution in [2.75, 3.05) is 19.8 Å². The van der Waals surface area contributed by atoms with Gasteiger partial charge in [0.05, 0.1) is 6.54 Å². The van der Waals surface area contributed by atoms with Crippen LogP contribution in [0.4, 0.5) is 0 Å². The van der Waals surface area contributed by atoms with Crippen LogP contribution in [0.2, 0.25) is 0 Å². The fourth-order valence-electron chi connectivity index (χ4n) is 1.22. The van der Waals surface area contributed by atoms with E-state index in [1.807, 2.05) is 23.4 Å². The zero-order chi connectivity index (χ0) is 13.6. The number of hydrogen-bond acceptors (Lipinski definition) is 4. The van der Waals surface area contributed by atoms with Crippen LogP contribution in [0.5, 0.6) is 0 Å². The van der Waals surface area contributed by atoms with Gasteiger partial charge in [-0.1, -0.05) is 0 Å². The molecule has 0 aliphatic heterocycles. The van der Waals surface area contributed by atoms with Crippen molar-refractivity contribution >= 4 is 41.7 Å². The van der Waals surface area contributed by atoms with E-state index in [0.29, 0.717) is 6.54 Å². The summed E-state index contributed by atoms with van der Waals surface area (Å²) in [5.74, 6) is 1.65. The van der Waals surface area contributed by atoms with Crippen molar-refractivity contribution in [1.29, 1.82) is 0 Å². The van der Waals surface area contributed by atoms with Crippen LogP contribution in [0.25, 0.3) is 0 Å². The van der Waals surface area contributed by atoms with Crippen molar-refractivity contribution < 1.29 is 0 Å². The number of nitrogens with zero attached hydrogens (tertiary/aromatic N) is 4. The van der Waals surface area contributed by atoms with E-state index < -0.39 is 0 Å². The average Bonchev–Trinajstić information content (AvgIpc) is 2.75. The minimum Gasteiger partial charge on any atom is -0.355 e. The average molecular weight is 398 g/mol. The number of halogens is 1. The highest BCUT2D eigenvalue weighted by Crippen LogP contribution is 2.19. The Hall–Kier alpha value is -0.510. The number of thioether (sulfide) groups is 1. The van der Waals surface area contributed by atoms with Gasteiger partial charge in [0.25, 0.3) is 0 Å². The Morgan fingerprint density at radius 2 is 2.16 bits per heavy atom. The van der Waals surface area contributed by atoms with Crippen LogP contribution < -0.4 is 10.6 Å². The van der Waals surface area contributed by atoms with Gasteiger partial charge in [0.15, 0.2) is 11.8 Å². The van der Waals surface area contributed by atoms with E-state index in [2.05, 4.69) is 45.9 Å². The molecule has 0 aliphatic carbocycles. The Bertz CT molecular complexity index is 404. The van der Waals surface area contributed by atoms with Gasteiger partial charge in [0, 0.05) is 25.4 Å². The molecule has 1 aromatic heterocycles. The smallest absolute Gasteiger partial charge is 0.191 e. The summed E-state index contributed by atoms with van der Waals surface area (Å²) in [6.07, 6.45) is 3.79. The number of guanidine groups is 1. The van der Waals surface area contributed by atoms with Crippen LogP contribution in [0.3, 0.4) is 0 Å². The van der Waals surface area contributed by atoms with Crippen molar-refractivity contribution in [3.05, 3.63) is 12.2 Å². The molecule has 1 rings (SSSR count). The Balaban J connectivity index is 0.00000324. The molecule has 0 bridgehead atoms. The van der Waals surface area contributed by atoms with Crippen LogP contribution in [-0.2, 0) is 13.6 Å². The maximum atomic E-state index is 4.18. The van der Waals surface area contributed by atoms with Gasteiger partial charge in [0.2, 0.25) is 0 Å². The van der Waals surface area contributed by atoms with Crippen LogP contribution in [-0.4, -0.2) is 45.3 Å². The van der Waals surface area contributed by atoms with Crippen molar-refractivity contribution in [3.63, 3.8) is 0 Å². The quantitative estimate of drug-likeness (QED) is 0.444. The molecule has 1 aromatic rings. The lowest BCUT2D eigenvalue weighted by Gasteiger charge is -2.23. The van der Waals surface area contributed by atoms with Crippen LogP contribution in [0, 0.1) is 0 Å². The third-order valence-electron chi connectivity index (χ3n) is 2.68. The second kappa shape index (κ2) is 8.62. The Morgan fingerprint density at radius 1 is 1.47 bits per heavy atom. The first-order chi connectivity index (χ1) is 8.48. The fraction of sp³-hybridized carbons (Fsp3) is 0.727. The van der Waals surface area contributed by atoms with E-state index in [1.54, 1.807) is 13.4 Å². The third kappa shape index (κ3) is 6.46. The lowest BCUT2D eigenvalue weighted by atomic mass is 10.2. The maximum Gasteiger partial charge on any atom is 0.191 e. The minimum atomic E-state index is 0. The highest BCUT2D eigenvalue weighted by atomic mass is 127. The number of aromatic nitrogens is 3. The summed E-state index contributed by atoms with van der Waals surface area (Å²) < 4.78 is 2.06. The number of hydrogen-bond donors (Lipinski definition) is 2. The molecule has 6 nitrogen and oxygen atoms in total. The van der Waals surface area contributed by atoms with E-state index in [1.165, 1.54) is 0 Å². The van der Waals surface area contributed by atoms with Gasteiger partial charge in [-0.2, -0.15) is 11.8 Å². The van der Waals surface area contributed by atoms with Gasteiger partial charge in [-0.25, -0.2) is 0 Å². The van der Waals surface area contributed by atoms with Gasteiger partial charge < -0.3 is 15.2 Å². The molecule has 0 amide bonds. The summed E-state index contributed by atoms with van der Waals surface area (Å²) in [6.45, 7) is 5.85. The van der Waals surface area contributed by atoms with Gasteiger partial charge in [-0.3, -0.25) is 4.99 Å². The van der Waals surface area contributed by atoms with Crippen molar-refractivity contribution in [1.82, 2.24) is 25.4 Å². The standard InChI is InChI=1S/C11H22N6S.HI/c1-11(2,18-5)7-14-10(12-3)13-6-9-16-15-8-17(9)4;/h8H,6-7H2,1-5H3,(H2,12,13,14);1H. The minimum absolute atomic E-state index is 0. The molecule has 2 N–H and O–H groups in total. The number of aryl methyl sites for hydroxylation is 1. The Kier molecular flexibility index (Phi) is 8.39. The molecule has 0 fully saturated rings. The molecule has 0 spiro atoms. The number of aliphatic imine (C=N–C) groups is 1. The zero-order valence-electron chi connectivity index (χ0n) is 12.1. The lowest BCUT2D eigenvalue weighted by Crippen LogP contribution is -2.43. The molecule has 0 aromatic carbocycles. The van der Waals surface area contributed by atoms with Crippen molar-refractivity contribution in [2.24, 2.45) is 12.0 Å². The Morgan fingerprint density at radius 3 is 2.63 bits per heavy atom. The zero-order valence-corrected chi connectivity index (χ0v) is 15.2. The third-order valence-corrected chi connectivity index (χ3v) is 3.93. The summed E-state index contributed by atoms with van der Waals surface area (Å²) in [5, 5.41) is 14.4. The summed E-state index contributed by atoms with van der Waals surface area (Å²) in [4.78, 5) is 4.18. The second-order valence-corrected chi connectivity index (χ2v) is 6.11. The summed E-state index contributed by atoms with van der Waals surface area (Å²) in [6, 6.07) is 0. The van der Waals surface area contributed by atoms with E-state index in [-0.39, 0.29) is 28.7 Å². The van der Waals surface area contributed by atoms with E-state index in [4.69, 9.17) is 0 Å². The normalized spacial score (nSPS) is 11.9. The van der Waals surface area contributed by atoms with Crippen molar-refractivity contribution in [3.8, 4) is 0 Å². The van der Waals surface area contributed by atoms with E-state index >= 15 is 0 Å². The molecule has 1 heterocycles. The SMILES string of the molecule is CN=C(NCc1nncn1C)NCC(C)(C)SC.I. The summed E-state index contributed by atoms with van der Waals surface area (Å²) >= 11 is 1.83. The maximum absolute atomic E-state index is 4.18. The highest BCUT2D eigenvalue weighted by Gasteiger charge is 2.16. The van der Waals surface area contributed by atoms with E-state index in [9.17, 15) is 0 Å². The molecular weight excluding hydrogens is 375 g/mol. The molecule has 0 atom stereocenters. The summed E-state index contributed by atoms with van der Waals surface area (Å²) in [7, 11) is 3.68. The fourth-order valence-corrected chi connectivity index (χ4v) is 1.44.